The molecule has 2 amide bonds. The maximum atomic E-state index is 12.5. The summed E-state index contributed by atoms with van der Waals surface area (Å²) >= 11 is 3.35. The number of carbonyl (C=O) groups excluding carboxylic acids is 2. The molecule has 0 aliphatic carbocycles. The molecule has 2 aromatic carbocycles. The molecular weight excluding hydrogens is 372 g/mol. The monoisotopic (exact) mass is 388 g/mol. The molecule has 0 aromatic heterocycles. The van der Waals surface area contributed by atoms with Crippen molar-refractivity contribution in [3.8, 4) is 5.75 Å². The standard InChI is InChI=1S/C18H17BrN2O3/c1-3-10-20-17(22)13-6-4-5-7-16(13)21-18(23)14-11-12(24-2)8-9-15(14)19/h3-9,11H,1,10H2,2H3,(H,20,22)(H,21,23). The van der Waals surface area contributed by atoms with Crippen molar-refractivity contribution >= 4 is 33.4 Å². The molecule has 0 spiro atoms. The van der Waals surface area contributed by atoms with Gasteiger partial charge in [-0.2, -0.15) is 0 Å². The normalized spacial score (nSPS) is 9.92. The first kappa shape index (κ1) is 17.7. The van der Waals surface area contributed by atoms with Crippen molar-refractivity contribution in [3.63, 3.8) is 0 Å². The Balaban J connectivity index is 2.26. The maximum Gasteiger partial charge on any atom is 0.256 e. The van der Waals surface area contributed by atoms with E-state index in [9.17, 15) is 9.59 Å². The van der Waals surface area contributed by atoms with E-state index in [-0.39, 0.29) is 11.8 Å². The fraction of sp³-hybridized carbons (Fsp3) is 0.111. The number of methoxy groups -OCH3 is 1. The zero-order valence-corrected chi connectivity index (χ0v) is 14.7. The molecule has 124 valence electrons. The summed E-state index contributed by atoms with van der Waals surface area (Å²) in [5, 5.41) is 5.46. The highest BCUT2D eigenvalue weighted by atomic mass is 79.9. The van der Waals surface area contributed by atoms with Crippen molar-refractivity contribution in [2.45, 2.75) is 0 Å². The first-order chi connectivity index (χ1) is 11.6. The van der Waals surface area contributed by atoms with Crippen LogP contribution in [-0.4, -0.2) is 25.5 Å². The minimum Gasteiger partial charge on any atom is -0.497 e. The van der Waals surface area contributed by atoms with Gasteiger partial charge in [-0.05, 0) is 46.3 Å². The third-order valence-electron chi connectivity index (χ3n) is 3.25. The number of nitrogens with one attached hydrogen (secondary N) is 2. The number of para-hydroxylation sites is 1. The number of anilines is 1. The predicted molar refractivity (Wildman–Crippen MR) is 97.6 cm³/mol. The van der Waals surface area contributed by atoms with Gasteiger partial charge in [-0.1, -0.05) is 18.2 Å². The third kappa shape index (κ3) is 4.23. The molecule has 0 unspecified atom stereocenters. The number of carbonyl (C=O) groups is 2. The van der Waals surface area contributed by atoms with Gasteiger partial charge in [0.05, 0.1) is 23.9 Å². The quantitative estimate of drug-likeness (QED) is 0.742. The second kappa shape index (κ2) is 8.31. The smallest absolute Gasteiger partial charge is 0.256 e. The summed E-state index contributed by atoms with van der Waals surface area (Å²) in [6.45, 7) is 3.91. The van der Waals surface area contributed by atoms with E-state index >= 15 is 0 Å². The molecule has 0 saturated heterocycles. The Morgan fingerprint density at radius 3 is 2.62 bits per heavy atom. The van der Waals surface area contributed by atoms with Crippen LogP contribution >= 0.6 is 15.9 Å². The fourth-order valence-corrected chi connectivity index (χ4v) is 2.47. The first-order valence-corrected chi connectivity index (χ1v) is 7.99. The van der Waals surface area contributed by atoms with E-state index in [0.29, 0.717) is 33.6 Å². The minimum atomic E-state index is -0.343. The van der Waals surface area contributed by atoms with Gasteiger partial charge < -0.3 is 15.4 Å². The van der Waals surface area contributed by atoms with Crippen molar-refractivity contribution in [1.29, 1.82) is 0 Å². The van der Waals surface area contributed by atoms with E-state index in [1.807, 2.05) is 0 Å². The van der Waals surface area contributed by atoms with Crippen LogP contribution < -0.4 is 15.4 Å². The van der Waals surface area contributed by atoms with E-state index in [2.05, 4.69) is 33.1 Å². The molecule has 0 radical (unpaired) electrons. The summed E-state index contributed by atoms with van der Waals surface area (Å²) in [6.07, 6.45) is 1.59. The van der Waals surface area contributed by atoms with Gasteiger partial charge in [-0.25, -0.2) is 0 Å². The Morgan fingerprint density at radius 1 is 1.17 bits per heavy atom. The molecule has 0 bridgehead atoms. The number of benzene rings is 2. The summed E-state index contributed by atoms with van der Waals surface area (Å²) in [5.74, 6) is -0.0550. The lowest BCUT2D eigenvalue weighted by molar-refractivity contribution is 0.0959. The van der Waals surface area contributed by atoms with Crippen molar-refractivity contribution in [2.75, 3.05) is 19.0 Å². The number of hydrogen-bond donors (Lipinski definition) is 2. The molecule has 6 heteroatoms. The van der Waals surface area contributed by atoms with Crippen LogP contribution in [0.4, 0.5) is 5.69 Å². The van der Waals surface area contributed by atoms with Crippen LogP contribution in [-0.2, 0) is 0 Å². The summed E-state index contributed by atoms with van der Waals surface area (Å²) in [6, 6.07) is 11.9. The van der Waals surface area contributed by atoms with Gasteiger partial charge in [0.2, 0.25) is 0 Å². The zero-order valence-electron chi connectivity index (χ0n) is 13.1. The Morgan fingerprint density at radius 2 is 1.92 bits per heavy atom. The highest BCUT2D eigenvalue weighted by molar-refractivity contribution is 9.10. The highest BCUT2D eigenvalue weighted by Crippen LogP contribution is 2.24. The number of hydrogen-bond acceptors (Lipinski definition) is 3. The molecule has 0 fully saturated rings. The molecule has 2 rings (SSSR count). The lowest BCUT2D eigenvalue weighted by Crippen LogP contribution is -2.25. The third-order valence-corrected chi connectivity index (χ3v) is 3.94. The van der Waals surface area contributed by atoms with Crippen LogP contribution in [0.1, 0.15) is 20.7 Å². The topological polar surface area (TPSA) is 67.4 Å². The molecular formula is C18H17BrN2O3. The summed E-state index contributed by atoms with van der Waals surface area (Å²) in [5.41, 5.74) is 1.22. The number of halogens is 1. The average molecular weight is 389 g/mol. The molecule has 0 atom stereocenters. The Bertz CT molecular complexity index is 775. The van der Waals surface area contributed by atoms with Gasteiger partial charge in [-0.15, -0.1) is 6.58 Å². The lowest BCUT2D eigenvalue weighted by atomic mass is 10.1. The van der Waals surface area contributed by atoms with E-state index in [1.165, 1.54) is 7.11 Å². The van der Waals surface area contributed by atoms with Gasteiger partial charge in [0.25, 0.3) is 11.8 Å². The van der Waals surface area contributed by atoms with Crippen LogP contribution in [0, 0.1) is 0 Å². The lowest BCUT2D eigenvalue weighted by Gasteiger charge is -2.12. The summed E-state index contributed by atoms with van der Waals surface area (Å²) < 4.78 is 5.78. The summed E-state index contributed by atoms with van der Waals surface area (Å²) in [7, 11) is 1.53. The average Bonchev–Trinajstić information content (AvgIpc) is 2.60. The Kier molecular flexibility index (Phi) is 6.14. The van der Waals surface area contributed by atoms with Crippen LogP contribution in [0.15, 0.2) is 59.6 Å². The minimum absolute atomic E-state index is 0.282. The predicted octanol–water partition coefficient (Wildman–Crippen LogP) is 3.63. The molecule has 24 heavy (non-hydrogen) atoms. The van der Waals surface area contributed by atoms with E-state index < -0.39 is 0 Å². The number of amides is 2. The van der Waals surface area contributed by atoms with Gasteiger partial charge in [0.1, 0.15) is 5.75 Å². The van der Waals surface area contributed by atoms with Crippen molar-refractivity contribution < 1.29 is 14.3 Å². The number of ether oxygens (including phenoxy) is 1. The molecule has 0 aliphatic rings. The number of rotatable bonds is 6. The van der Waals surface area contributed by atoms with Crippen molar-refractivity contribution in [2.24, 2.45) is 0 Å². The van der Waals surface area contributed by atoms with Crippen LogP contribution in [0.5, 0.6) is 5.75 Å². The Labute approximate surface area is 148 Å². The summed E-state index contributed by atoms with van der Waals surface area (Å²) in [4.78, 5) is 24.7. The molecule has 0 aliphatic heterocycles. The van der Waals surface area contributed by atoms with E-state index in [0.717, 1.165) is 0 Å². The van der Waals surface area contributed by atoms with Gasteiger partial charge >= 0.3 is 0 Å². The van der Waals surface area contributed by atoms with Gasteiger partial charge in [0, 0.05) is 11.0 Å². The van der Waals surface area contributed by atoms with Gasteiger partial charge in [0.15, 0.2) is 0 Å². The largest absolute Gasteiger partial charge is 0.497 e. The SMILES string of the molecule is C=CCNC(=O)c1ccccc1NC(=O)c1cc(OC)ccc1Br. The second-order valence-electron chi connectivity index (χ2n) is 4.84. The van der Waals surface area contributed by atoms with Crippen LogP contribution in [0.25, 0.3) is 0 Å². The van der Waals surface area contributed by atoms with E-state index in [4.69, 9.17) is 4.74 Å². The Hall–Kier alpha value is -2.60. The van der Waals surface area contributed by atoms with Gasteiger partial charge in [-0.3, -0.25) is 9.59 Å². The molecule has 2 N–H and O–H groups in total. The fourth-order valence-electron chi connectivity index (χ4n) is 2.05. The molecule has 5 nitrogen and oxygen atoms in total. The maximum absolute atomic E-state index is 12.5. The van der Waals surface area contributed by atoms with Crippen LogP contribution in [0.3, 0.4) is 0 Å². The van der Waals surface area contributed by atoms with Crippen molar-refractivity contribution in [3.05, 3.63) is 70.7 Å². The second-order valence-corrected chi connectivity index (χ2v) is 5.70. The highest BCUT2D eigenvalue weighted by Gasteiger charge is 2.16. The first-order valence-electron chi connectivity index (χ1n) is 7.20. The zero-order chi connectivity index (χ0) is 17.5. The van der Waals surface area contributed by atoms with Crippen molar-refractivity contribution in [1.82, 2.24) is 5.32 Å². The molecule has 0 saturated carbocycles. The molecule has 2 aromatic rings. The van der Waals surface area contributed by atoms with E-state index in [1.54, 1.807) is 48.5 Å². The molecule has 0 heterocycles. The van der Waals surface area contributed by atoms with Crippen LogP contribution in [0.2, 0.25) is 0 Å².